The molecule has 2 aliphatic rings. The zero-order chi connectivity index (χ0) is 17.6. The van der Waals surface area contributed by atoms with E-state index in [2.05, 4.69) is 19.0 Å². The van der Waals surface area contributed by atoms with E-state index in [-0.39, 0.29) is 6.42 Å². The van der Waals surface area contributed by atoms with Crippen LogP contribution >= 0.6 is 0 Å². The topological polar surface area (TPSA) is 57.6 Å². The molecule has 2 heterocycles. The fourth-order valence-corrected chi connectivity index (χ4v) is 3.75. The van der Waals surface area contributed by atoms with Crippen LogP contribution in [-0.2, 0) is 9.59 Å². The molecule has 0 radical (unpaired) electrons. The molecule has 6 heteroatoms. The summed E-state index contributed by atoms with van der Waals surface area (Å²) in [7, 11) is 0. The summed E-state index contributed by atoms with van der Waals surface area (Å²) in [5.74, 6) is -0.369. The lowest BCUT2D eigenvalue weighted by Crippen LogP contribution is -2.60. The normalized spacial score (nSPS) is 19.8. The van der Waals surface area contributed by atoms with Gasteiger partial charge in [0.2, 0.25) is 0 Å². The van der Waals surface area contributed by atoms with E-state index < -0.39 is 5.97 Å². The minimum atomic E-state index is -0.702. The van der Waals surface area contributed by atoms with Crippen LogP contribution in [0.1, 0.15) is 65.2 Å². The number of quaternary nitrogens is 2. The van der Waals surface area contributed by atoms with Crippen LogP contribution in [0.3, 0.4) is 0 Å². The van der Waals surface area contributed by atoms with Crippen LogP contribution in [-0.4, -0.2) is 70.6 Å². The van der Waals surface area contributed by atoms with E-state index in [1.807, 2.05) is 0 Å². The van der Waals surface area contributed by atoms with Crippen molar-refractivity contribution in [2.75, 3.05) is 39.3 Å². The molecule has 0 aromatic carbocycles. The molecule has 0 saturated carbocycles. The van der Waals surface area contributed by atoms with Crippen LogP contribution in [0, 0.1) is 0 Å². The quantitative estimate of drug-likeness (QED) is 0.318. The first kappa shape index (κ1) is 19.2. The number of likely N-dealkylation sites (N-methyl/N-ethyl adjacent to an activating group) is 2. The van der Waals surface area contributed by atoms with Gasteiger partial charge in [-0.1, -0.05) is 25.7 Å². The molecule has 2 saturated heterocycles. The molecular formula is C18H35N3O3+2. The van der Waals surface area contributed by atoms with Crippen molar-refractivity contribution in [3.63, 3.8) is 0 Å². The van der Waals surface area contributed by atoms with Crippen molar-refractivity contribution in [3.05, 3.63) is 0 Å². The number of carboxylic acids is 1. The molecule has 24 heavy (non-hydrogen) atoms. The first-order chi connectivity index (χ1) is 11.5. The van der Waals surface area contributed by atoms with Gasteiger partial charge in [0.15, 0.2) is 26.2 Å². The second-order valence-corrected chi connectivity index (χ2v) is 7.42. The SMILES string of the molecule is CC[N+]1(N(C(=O)CCCCCCCCC(=O)O)[N+]2(CC)CC2)CC1. The Labute approximate surface area is 146 Å². The maximum absolute atomic E-state index is 12.9. The molecule has 0 aromatic rings. The average Bonchev–Trinajstić information content (AvgIpc) is 3.47. The fraction of sp³-hybridized carbons (Fsp3) is 0.889. The summed E-state index contributed by atoms with van der Waals surface area (Å²) in [4.78, 5) is 23.3. The number of carbonyl (C=O) groups is 2. The maximum Gasteiger partial charge on any atom is 0.323 e. The summed E-state index contributed by atoms with van der Waals surface area (Å²) in [6.45, 7) is 10.9. The Hall–Kier alpha value is -1.14. The number of nitrogens with zero attached hydrogens (tertiary/aromatic N) is 3. The van der Waals surface area contributed by atoms with Crippen molar-refractivity contribution in [2.45, 2.75) is 65.2 Å². The van der Waals surface area contributed by atoms with Gasteiger partial charge in [-0.05, 0) is 31.8 Å². The van der Waals surface area contributed by atoms with E-state index >= 15 is 0 Å². The molecule has 138 valence electrons. The van der Waals surface area contributed by atoms with E-state index in [4.69, 9.17) is 5.11 Å². The Bertz CT molecular complexity index is 425. The van der Waals surface area contributed by atoms with Crippen molar-refractivity contribution in [1.82, 2.24) is 5.12 Å². The number of amides is 1. The number of rotatable bonds is 13. The molecule has 2 aliphatic heterocycles. The van der Waals surface area contributed by atoms with E-state index in [9.17, 15) is 9.59 Å². The second-order valence-electron chi connectivity index (χ2n) is 7.42. The van der Waals surface area contributed by atoms with Gasteiger partial charge in [-0.15, -0.1) is 0 Å². The maximum atomic E-state index is 12.9. The molecule has 0 unspecified atom stereocenters. The Morgan fingerprint density at radius 1 is 0.792 bits per heavy atom. The van der Waals surface area contributed by atoms with Crippen molar-refractivity contribution in [3.8, 4) is 0 Å². The number of aliphatic carboxylic acids is 1. The van der Waals surface area contributed by atoms with Gasteiger partial charge in [-0.3, -0.25) is 9.59 Å². The number of unbranched alkanes of at least 4 members (excludes halogenated alkanes) is 5. The van der Waals surface area contributed by atoms with Gasteiger partial charge in [-0.2, -0.15) is 9.18 Å². The summed E-state index contributed by atoms with van der Waals surface area (Å²) >= 11 is 0. The number of hydrogen-bond acceptors (Lipinski definition) is 2. The van der Waals surface area contributed by atoms with Crippen LogP contribution in [0.25, 0.3) is 0 Å². The van der Waals surface area contributed by atoms with Crippen molar-refractivity contribution < 1.29 is 23.9 Å². The van der Waals surface area contributed by atoms with Crippen molar-refractivity contribution >= 4 is 11.9 Å². The van der Waals surface area contributed by atoms with E-state index in [1.54, 1.807) is 0 Å². The average molecular weight is 341 g/mol. The van der Waals surface area contributed by atoms with Crippen molar-refractivity contribution in [2.24, 2.45) is 0 Å². The predicted octanol–water partition coefficient (Wildman–Crippen LogP) is 2.55. The summed E-state index contributed by atoms with van der Waals surface area (Å²) in [5, 5.41) is 10.8. The van der Waals surface area contributed by atoms with E-state index in [1.165, 1.54) is 0 Å². The summed E-state index contributed by atoms with van der Waals surface area (Å²) in [6, 6.07) is 0. The summed E-state index contributed by atoms with van der Waals surface area (Å²) in [5.41, 5.74) is 0. The molecule has 1 amide bonds. The monoisotopic (exact) mass is 341 g/mol. The van der Waals surface area contributed by atoms with Crippen LogP contribution < -0.4 is 0 Å². The van der Waals surface area contributed by atoms with Gasteiger partial charge < -0.3 is 5.11 Å². The highest BCUT2D eigenvalue weighted by atomic mass is 16.4. The molecule has 0 spiro atoms. The Balaban J connectivity index is 1.68. The molecule has 2 rings (SSSR count). The summed E-state index contributed by atoms with van der Waals surface area (Å²) in [6.07, 6.45) is 6.92. The zero-order valence-corrected chi connectivity index (χ0v) is 15.5. The first-order valence-electron chi connectivity index (χ1n) is 9.77. The third-order valence-corrected chi connectivity index (χ3v) is 5.72. The standard InChI is InChI=1S/C18H34N3O3/c1-3-20(13-14-20)19(21(4-2)15-16-21)17(22)11-9-7-5-6-8-10-12-18(23)24/h3-16H2,1-2H3/q+1/p+1. The third-order valence-electron chi connectivity index (χ3n) is 5.72. The van der Waals surface area contributed by atoms with Crippen molar-refractivity contribution in [1.29, 1.82) is 0 Å². The molecular weight excluding hydrogens is 306 g/mol. The van der Waals surface area contributed by atoms with E-state index in [0.29, 0.717) is 12.3 Å². The lowest BCUT2D eigenvalue weighted by molar-refractivity contribution is -1.14. The molecule has 0 atom stereocenters. The summed E-state index contributed by atoms with van der Waals surface area (Å²) < 4.78 is 1.75. The predicted molar refractivity (Wildman–Crippen MR) is 92.5 cm³/mol. The number of hydrogen-bond donors (Lipinski definition) is 1. The minimum absolute atomic E-state index is 0.279. The molecule has 0 aliphatic carbocycles. The molecule has 0 bridgehead atoms. The first-order valence-corrected chi connectivity index (χ1v) is 9.77. The molecule has 0 aromatic heterocycles. The van der Waals surface area contributed by atoms with Gasteiger partial charge in [0.25, 0.3) is 0 Å². The number of carbonyl (C=O) groups excluding carboxylic acids is 1. The minimum Gasteiger partial charge on any atom is -0.481 e. The van der Waals surface area contributed by atoms with Crippen LogP contribution in [0.2, 0.25) is 0 Å². The van der Waals surface area contributed by atoms with Gasteiger partial charge in [0.05, 0.1) is 0 Å². The second kappa shape index (κ2) is 8.30. The molecule has 2 fully saturated rings. The largest absolute Gasteiger partial charge is 0.481 e. The van der Waals surface area contributed by atoms with Crippen LogP contribution in [0.15, 0.2) is 0 Å². The van der Waals surface area contributed by atoms with E-state index in [0.717, 1.165) is 87.0 Å². The Morgan fingerprint density at radius 3 is 1.58 bits per heavy atom. The zero-order valence-electron chi connectivity index (χ0n) is 15.5. The highest BCUT2D eigenvalue weighted by Gasteiger charge is 2.64. The van der Waals surface area contributed by atoms with Gasteiger partial charge >= 0.3 is 11.9 Å². The lowest BCUT2D eigenvalue weighted by Gasteiger charge is -2.35. The van der Waals surface area contributed by atoms with Gasteiger partial charge in [0.1, 0.15) is 13.1 Å². The van der Waals surface area contributed by atoms with Gasteiger partial charge in [-0.25, -0.2) is 0 Å². The van der Waals surface area contributed by atoms with Crippen LogP contribution in [0.4, 0.5) is 0 Å². The molecule has 6 nitrogen and oxygen atoms in total. The third kappa shape index (κ3) is 4.70. The fourth-order valence-electron chi connectivity index (χ4n) is 3.75. The smallest absolute Gasteiger partial charge is 0.323 e. The highest BCUT2D eigenvalue weighted by molar-refractivity contribution is 5.74. The van der Waals surface area contributed by atoms with Crippen LogP contribution in [0.5, 0.6) is 0 Å². The number of carboxylic acid groups (broad SMARTS) is 1. The Kier molecular flexibility index (Phi) is 6.63. The Morgan fingerprint density at radius 2 is 1.21 bits per heavy atom. The lowest BCUT2D eigenvalue weighted by atomic mass is 10.1. The molecule has 1 N–H and O–H groups in total. The highest BCUT2D eigenvalue weighted by Crippen LogP contribution is 2.37. The van der Waals surface area contributed by atoms with Gasteiger partial charge in [0, 0.05) is 12.8 Å².